The van der Waals surface area contributed by atoms with E-state index < -0.39 is 0 Å². The predicted molar refractivity (Wildman–Crippen MR) is 130 cm³/mol. The van der Waals surface area contributed by atoms with Gasteiger partial charge in [0.2, 0.25) is 0 Å². The minimum absolute atomic E-state index is 0.117. The third-order valence-electron chi connectivity index (χ3n) is 6.66. The second kappa shape index (κ2) is 7.30. The zero-order valence-corrected chi connectivity index (χ0v) is 18.9. The summed E-state index contributed by atoms with van der Waals surface area (Å²) in [6.45, 7) is 1.92. The smallest absolute Gasteiger partial charge is 0.333 e. The molecule has 1 aliphatic rings. The van der Waals surface area contributed by atoms with E-state index in [0.29, 0.717) is 6.04 Å². The van der Waals surface area contributed by atoms with E-state index >= 15 is 0 Å². The van der Waals surface area contributed by atoms with Crippen LogP contribution in [0.3, 0.4) is 0 Å². The molecular weight excluding hydrogens is 414 g/mol. The average Bonchev–Trinajstić information content (AvgIpc) is 3.25. The molecule has 0 bridgehead atoms. The predicted octanol–water partition coefficient (Wildman–Crippen LogP) is 3.95. The second-order valence-electron chi connectivity index (χ2n) is 8.91. The summed E-state index contributed by atoms with van der Waals surface area (Å²) >= 11 is 0. The first kappa shape index (κ1) is 19.7. The summed E-state index contributed by atoms with van der Waals surface area (Å²) in [6, 6.07) is 8.86. The number of hydrogen-bond acceptors (Lipinski definition) is 5. The van der Waals surface area contributed by atoms with Gasteiger partial charge in [-0.15, -0.1) is 0 Å². The molecule has 0 unspecified atom stereocenters. The van der Waals surface area contributed by atoms with Crippen molar-refractivity contribution < 1.29 is 0 Å². The van der Waals surface area contributed by atoms with Crippen LogP contribution < -0.4 is 11.0 Å². The van der Waals surface area contributed by atoms with E-state index in [0.717, 1.165) is 50.1 Å². The Kier molecular flexibility index (Phi) is 4.36. The fraction of sp³-hybridized carbons (Fsp3) is 0.280. The van der Waals surface area contributed by atoms with Crippen molar-refractivity contribution in [3.05, 3.63) is 65.2 Å². The topological polar surface area (TPSA) is 82.6 Å². The normalized spacial score (nSPS) is 14.2. The Morgan fingerprint density at radius 1 is 1.06 bits per heavy atom. The fourth-order valence-corrected chi connectivity index (χ4v) is 4.67. The van der Waals surface area contributed by atoms with Gasteiger partial charge in [-0.2, -0.15) is 5.10 Å². The van der Waals surface area contributed by atoms with Gasteiger partial charge in [0.05, 0.1) is 39.8 Å². The van der Waals surface area contributed by atoms with Crippen LogP contribution >= 0.6 is 0 Å². The molecule has 4 heterocycles. The molecule has 0 radical (unpaired) electrons. The maximum Gasteiger partial charge on any atom is 0.333 e. The highest BCUT2D eigenvalue weighted by Crippen LogP contribution is 2.31. The first-order chi connectivity index (χ1) is 16.0. The van der Waals surface area contributed by atoms with Gasteiger partial charge in [0, 0.05) is 49.7 Å². The number of pyridine rings is 2. The second-order valence-corrected chi connectivity index (χ2v) is 8.91. The monoisotopic (exact) mass is 439 g/mol. The molecule has 0 saturated heterocycles. The fourth-order valence-electron chi connectivity index (χ4n) is 4.67. The van der Waals surface area contributed by atoms with Gasteiger partial charge >= 0.3 is 5.69 Å². The molecular formula is C25H25N7O. The van der Waals surface area contributed by atoms with Gasteiger partial charge in [-0.05, 0) is 49.9 Å². The highest BCUT2D eigenvalue weighted by molar-refractivity contribution is 6.04. The van der Waals surface area contributed by atoms with Crippen LogP contribution in [0, 0.1) is 6.92 Å². The number of benzene rings is 1. The molecule has 8 nitrogen and oxygen atoms in total. The molecule has 1 aliphatic carbocycles. The molecule has 1 aromatic carbocycles. The minimum atomic E-state index is -0.117. The van der Waals surface area contributed by atoms with E-state index in [9.17, 15) is 4.79 Å². The van der Waals surface area contributed by atoms with E-state index in [1.165, 1.54) is 19.3 Å². The van der Waals surface area contributed by atoms with Crippen molar-refractivity contribution in [3.8, 4) is 16.8 Å². The summed E-state index contributed by atoms with van der Waals surface area (Å²) in [6.07, 6.45) is 11.1. The Balaban J connectivity index is 1.57. The highest BCUT2D eigenvalue weighted by Gasteiger charge is 2.20. The molecule has 1 N–H and O–H groups in total. The van der Waals surface area contributed by atoms with Gasteiger partial charge in [0.25, 0.3) is 0 Å². The lowest BCUT2D eigenvalue weighted by molar-refractivity contribution is 0.445. The van der Waals surface area contributed by atoms with Gasteiger partial charge in [-0.3, -0.25) is 23.8 Å². The zero-order valence-electron chi connectivity index (χ0n) is 18.9. The molecule has 6 rings (SSSR count). The van der Waals surface area contributed by atoms with Crippen LogP contribution in [0.25, 0.3) is 38.8 Å². The Hall–Kier alpha value is -3.94. The van der Waals surface area contributed by atoms with Crippen LogP contribution in [0.15, 0.2) is 53.8 Å². The summed E-state index contributed by atoms with van der Waals surface area (Å²) in [7, 11) is 3.64. The number of aryl methyl sites for hydroxylation is 3. The Morgan fingerprint density at radius 3 is 2.64 bits per heavy atom. The Labute approximate surface area is 190 Å². The van der Waals surface area contributed by atoms with Crippen LogP contribution in [0.5, 0.6) is 0 Å². The summed E-state index contributed by atoms with van der Waals surface area (Å²) in [5.74, 6) is 0. The molecule has 0 amide bonds. The van der Waals surface area contributed by atoms with Crippen LogP contribution in [0.2, 0.25) is 0 Å². The maximum absolute atomic E-state index is 13.3. The summed E-state index contributed by atoms with van der Waals surface area (Å²) in [5, 5.41) is 8.94. The van der Waals surface area contributed by atoms with E-state index in [2.05, 4.69) is 38.6 Å². The first-order valence-corrected chi connectivity index (χ1v) is 11.2. The highest BCUT2D eigenvalue weighted by atomic mass is 16.1. The lowest BCUT2D eigenvalue weighted by Crippen LogP contribution is -2.26. The molecule has 5 aromatic rings. The van der Waals surface area contributed by atoms with E-state index in [1.807, 2.05) is 38.6 Å². The molecule has 33 heavy (non-hydrogen) atoms. The number of rotatable bonds is 4. The van der Waals surface area contributed by atoms with E-state index in [1.54, 1.807) is 27.1 Å². The number of nitrogens with one attached hydrogen (secondary N) is 1. The lowest BCUT2D eigenvalue weighted by Gasteiger charge is -2.27. The molecule has 0 spiro atoms. The number of imidazole rings is 1. The van der Waals surface area contributed by atoms with Crippen LogP contribution in [-0.2, 0) is 14.1 Å². The van der Waals surface area contributed by atoms with Crippen molar-refractivity contribution in [2.75, 3.05) is 5.32 Å². The number of fused-ring (bicyclic) bond motifs is 3. The number of anilines is 1. The van der Waals surface area contributed by atoms with Gasteiger partial charge in [-0.1, -0.05) is 6.07 Å². The van der Waals surface area contributed by atoms with E-state index in [-0.39, 0.29) is 5.69 Å². The molecule has 8 heteroatoms. The molecule has 1 saturated carbocycles. The van der Waals surface area contributed by atoms with Crippen molar-refractivity contribution in [1.29, 1.82) is 0 Å². The third kappa shape index (κ3) is 3.13. The number of hydrogen-bond donors (Lipinski definition) is 1. The minimum Gasteiger partial charge on any atom is -0.381 e. The SMILES string of the molecule is Cc1nn(C)cc1-n1c(=O)n(C)c2cnc3ccc(-c4cncc(NC5CCC5)c4)cc3c21. The van der Waals surface area contributed by atoms with Gasteiger partial charge in [0.1, 0.15) is 0 Å². The zero-order chi connectivity index (χ0) is 22.7. The molecule has 4 aromatic heterocycles. The summed E-state index contributed by atoms with van der Waals surface area (Å²) < 4.78 is 5.13. The van der Waals surface area contributed by atoms with Gasteiger partial charge in [-0.25, -0.2) is 4.79 Å². The van der Waals surface area contributed by atoms with Gasteiger partial charge in [0.15, 0.2) is 0 Å². The van der Waals surface area contributed by atoms with Crippen molar-refractivity contribution in [3.63, 3.8) is 0 Å². The standard InChI is InChI=1S/C25H25N7O/c1-15-23(14-30(2)29-15)32-24-20-10-16(7-8-21(20)27-13-22(24)31(3)25(32)33)17-9-19(12-26-11-17)28-18-5-4-6-18/h7-14,18,28H,4-6H2,1-3H3. The molecule has 0 atom stereocenters. The average molecular weight is 440 g/mol. The number of nitrogens with zero attached hydrogens (tertiary/aromatic N) is 6. The van der Waals surface area contributed by atoms with Crippen molar-refractivity contribution in [1.82, 2.24) is 28.9 Å². The van der Waals surface area contributed by atoms with Crippen LogP contribution in [0.4, 0.5) is 5.69 Å². The Bertz CT molecular complexity index is 1590. The first-order valence-electron chi connectivity index (χ1n) is 11.2. The van der Waals surface area contributed by atoms with Crippen molar-refractivity contribution in [2.24, 2.45) is 14.1 Å². The van der Waals surface area contributed by atoms with Crippen LogP contribution in [-0.4, -0.2) is 34.9 Å². The van der Waals surface area contributed by atoms with Gasteiger partial charge < -0.3 is 5.32 Å². The largest absolute Gasteiger partial charge is 0.381 e. The third-order valence-corrected chi connectivity index (χ3v) is 6.66. The Morgan fingerprint density at radius 2 is 1.91 bits per heavy atom. The quantitative estimate of drug-likeness (QED) is 0.459. The molecule has 166 valence electrons. The summed E-state index contributed by atoms with van der Waals surface area (Å²) in [4.78, 5) is 22.4. The van der Waals surface area contributed by atoms with Crippen molar-refractivity contribution in [2.45, 2.75) is 32.2 Å². The summed E-state index contributed by atoms with van der Waals surface area (Å²) in [5.41, 5.74) is 7.02. The number of aromatic nitrogens is 6. The molecule has 1 fully saturated rings. The lowest BCUT2D eigenvalue weighted by atomic mass is 9.93. The molecule has 0 aliphatic heterocycles. The maximum atomic E-state index is 13.3. The van der Waals surface area contributed by atoms with E-state index in [4.69, 9.17) is 0 Å². The van der Waals surface area contributed by atoms with Crippen molar-refractivity contribution >= 4 is 27.6 Å². The van der Waals surface area contributed by atoms with Crippen LogP contribution in [0.1, 0.15) is 25.0 Å².